The standard InChI is InChI=1S/C18H22O4S/c1-11(2)21-15-9-13(19)5-7-17(15)23-18-8-6-14(20)10-16(18)22-12(3)4/h5-12,19-20H,1-4H3. The van der Waals surface area contributed by atoms with Gasteiger partial charge in [0.2, 0.25) is 0 Å². The lowest BCUT2D eigenvalue weighted by atomic mass is 10.3. The monoisotopic (exact) mass is 334 g/mol. The molecule has 0 atom stereocenters. The maximum absolute atomic E-state index is 9.68. The second-order valence-corrected chi connectivity index (χ2v) is 6.78. The van der Waals surface area contributed by atoms with Crippen LogP contribution in [-0.4, -0.2) is 22.4 Å². The Balaban J connectivity index is 2.35. The third-order valence-corrected chi connectivity index (χ3v) is 3.91. The van der Waals surface area contributed by atoms with E-state index in [1.165, 1.54) is 11.8 Å². The highest BCUT2D eigenvalue weighted by Gasteiger charge is 2.13. The van der Waals surface area contributed by atoms with Crippen LogP contribution in [0.2, 0.25) is 0 Å². The van der Waals surface area contributed by atoms with E-state index in [1.807, 2.05) is 39.8 Å². The average molecular weight is 334 g/mol. The lowest BCUT2D eigenvalue weighted by Crippen LogP contribution is -2.07. The zero-order valence-corrected chi connectivity index (χ0v) is 14.6. The molecule has 2 rings (SSSR count). The van der Waals surface area contributed by atoms with E-state index in [1.54, 1.807) is 24.3 Å². The van der Waals surface area contributed by atoms with E-state index in [2.05, 4.69) is 0 Å². The van der Waals surface area contributed by atoms with Gasteiger partial charge in [-0.1, -0.05) is 11.8 Å². The largest absolute Gasteiger partial charge is 0.508 e. The topological polar surface area (TPSA) is 58.9 Å². The minimum atomic E-state index is 0.00218. The van der Waals surface area contributed by atoms with Gasteiger partial charge < -0.3 is 19.7 Å². The molecule has 0 fully saturated rings. The summed E-state index contributed by atoms with van der Waals surface area (Å²) in [6.45, 7) is 7.75. The van der Waals surface area contributed by atoms with Crippen molar-refractivity contribution in [2.45, 2.75) is 49.7 Å². The van der Waals surface area contributed by atoms with Crippen LogP contribution in [0.15, 0.2) is 46.2 Å². The molecule has 0 bridgehead atoms. The first-order chi connectivity index (χ1) is 10.8. The van der Waals surface area contributed by atoms with Gasteiger partial charge in [0.05, 0.1) is 22.0 Å². The molecule has 124 valence electrons. The van der Waals surface area contributed by atoms with Crippen molar-refractivity contribution in [1.29, 1.82) is 0 Å². The van der Waals surface area contributed by atoms with Gasteiger partial charge in [-0.2, -0.15) is 0 Å². The van der Waals surface area contributed by atoms with Crippen LogP contribution in [0.5, 0.6) is 23.0 Å². The summed E-state index contributed by atoms with van der Waals surface area (Å²) in [6.07, 6.45) is 0.00436. The van der Waals surface area contributed by atoms with Gasteiger partial charge in [0.15, 0.2) is 0 Å². The SMILES string of the molecule is CC(C)Oc1cc(O)ccc1Sc1ccc(O)cc1OC(C)C. The molecule has 2 aromatic rings. The molecular weight excluding hydrogens is 312 g/mol. The maximum atomic E-state index is 9.68. The van der Waals surface area contributed by atoms with Crippen molar-refractivity contribution in [3.8, 4) is 23.0 Å². The van der Waals surface area contributed by atoms with Gasteiger partial charge >= 0.3 is 0 Å². The van der Waals surface area contributed by atoms with E-state index in [-0.39, 0.29) is 23.7 Å². The van der Waals surface area contributed by atoms with Crippen molar-refractivity contribution in [2.75, 3.05) is 0 Å². The van der Waals surface area contributed by atoms with Crippen LogP contribution in [0.3, 0.4) is 0 Å². The van der Waals surface area contributed by atoms with E-state index in [4.69, 9.17) is 9.47 Å². The molecule has 0 radical (unpaired) electrons. The zero-order valence-electron chi connectivity index (χ0n) is 13.7. The number of phenolic OH excluding ortho intramolecular Hbond substituents is 2. The highest BCUT2D eigenvalue weighted by molar-refractivity contribution is 7.99. The van der Waals surface area contributed by atoms with Crippen LogP contribution in [0.1, 0.15) is 27.7 Å². The molecule has 0 aliphatic rings. The Kier molecular flexibility index (Phi) is 5.66. The lowest BCUT2D eigenvalue weighted by molar-refractivity contribution is 0.234. The fraction of sp³-hybridized carbons (Fsp3) is 0.333. The highest BCUT2D eigenvalue weighted by atomic mass is 32.2. The third-order valence-electron chi connectivity index (χ3n) is 2.80. The summed E-state index contributed by atoms with van der Waals surface area (Å²) in [5, 5.41) is 19.4. The van der Waals surface area contributed by atoms with Crippen LogP contribution < -0.4 is 9.47 Å². The van der Waals surface area contributed by atoms with Crippen molar-refractivity contribution in [3.63, 3.8) is 0 Å². The Hall–Kier alpha value is -2.01. The fourth-order valence-electron chi connectivity index (χ4n) is 1.97. The molecule has 0 saturated carbocycles. The van der Waals surface area contributed by atoms with Gasteiger partial charge in [0.1, 0.15) is 23.0 Å². The number of aromatic hydroxyl groups is 2. The summed E-state index contributed by atoms with van der Waals surface area (Å²) >= 11 is 1.47. The van der Waals surface area contributed by atoms with Crippen molar-refractivity contribution in [1.82, 2.24) is 0 Å². The van der Waals surface area contributed by atoms with E-state index in [9.17, 15) is 10.2 Å². The van der Waals surface area contributed by atoms with Crippen LogP contribution >= 0.6 is 11.8 Å². The zero-order chi connectivity index (χ0) is 17.0. The Morgan fingerprint density at radius 2 is 1.13 bits per heavy atom. The molecule has 0 heterocycles. The number of benzene rings is 2. The van der Waals surface area contributed by atoms with Gasteiger partial charge in [-0.15, -0.1) is 0 Å². The first-order valence-electron chi connectivity index (χ1n) is 7.52. The van der Waals surface area contributed by atoms with Crippen molar-refractivity contribution < 1.29 is 19.7 Å². The molecule has 23 heavy (non-hydrogen) atoms. The Morgan fingerprint density at radius 1 is 0.739 bits per heavy atom. The van der Waals surface area contributed by atoms with Crippen LogP contribution in [0.4, 0.5) is 0 Å². The number of rotatable bonds is 6. The van der Waals surface area contributed by atoms with Gasteiger partial charge in [0.25, 0.3) is 0 Å². The van der Waals surface area contributed by atoms with Crippen molar-refractivity contribution >= 4 is 11.8 Å². The summed E-state index contributed by atoms with van der Waals surface area (Å²) in [4.78, 5) is 1.74. The Labute approximate surface area is 141 Å². The molecule has 0 aliphatic carbocycles. The average Bonchev–Trinajstić information content (AvgIpc) is 2.43. The first kappa shape index (κ1) is 17.3. The molecule has 0 aliphatic heterocycles. The first-order valence-corrected chi connectivity index (χ1v) is 8.34. The van der Waals surface area contributed by atoms with E-state index < -0.39 is 0 Å². The summed E-state index contributed by atoms with van der Waals surface area (Å²) < 4.78 is 11.5. The Bertz CT molecular complexity index is 611. The highest BCUT2D eigenvalue weighted by Crippen LogP contribution is 2.42. The smallest absolute Gasteiger partial charge is 0.137 e. The van der Waals surface area contributed by atoms with Crippen molar-refractivity contribution in [3.05, 3.63) is 36.4 Å². The Morgan fingerprint density at radius 3 is 1.48 bits per heavy atom. The number of hydrogen-bond donors (Lipinski definition) is 2. The summed E-state index contributed by atoms with van der Waals surface area (Å²) in [5.74, 6) is 1.56. The second-order valence-electron chi connectivity index (χ2n) is 5.70. The maximum Gasteiger partial charge on any atom is 0.137 e. The molecule has 0 aromatic heterocycles. The third kappa shape index (κ3) is 4.99. The van der Waals surface area contributed by atoms with Crippen LogP contribution in [0, 0.1) is 0 Å². The fourth-order valence-corrected chi connectivity index (χ4v) is 2.90. The molecule has 0 spiro atoms. The summed E-state index contributed by atoms with van der Waals surface area (Å²) in [7, 11) is 0. The van der Waals surface area contributed by atoms with Gasteiger partial charge in [-0.25, -0.2) is 0 Å². The molecule has 0 saturated heterocycles. The predicted octanol–water partition coefficient (Wildman–Crippen LogP) is 4.82. The quantitative estimate of drug-likeness (QED) is 0.793. The molecular formula is C18H22O4S. The molecule has 2 aromatic carbocycles. The minimum absolute atomic E-state index is 0.00218. The molecule has 4 nitrogen and oxygen atoms in total. The van der Waals surface area contributed by atoms with Crippen LogP contribution in [0.25, 0.3) is 0 Å². The van der Waals surface area contributed by atoms with Gasteiger partial charge in [-0.3, -0.25) is 0 Å². The van der Waals surface area contributed by atoms with E-state index >= 15 is 0 Å². The van der Waals surface area contributed by atoms with Gasteiger partial charge in [-0.05, 0) is 52.0 Å². The van der Waals surface area contributed by atoms with Crippen LogP contribution in [-0.2, 0) is 0 Å². The summed E-state index contributed by atoms with van der Waals surface area (Å²) in [6, 6.07) is 10.1. The molecule has 0 unspecified atom stereocenters. The molecule has 0 amide bonds. The number of hydrogen-bond acceptors (Lipinski definition) is 5. The normalized spacial score (nSPS) is 11.0. The van der Waals surface area contributed by atoms with Gasteiger partial charge in [0, 0.05) is 12.1 Å². The summed E-state index contributed by atoms with van der Waals surface area (Å²) in [5.41, 5.74) is 0. The number of ether oxygens (including phenoxy) is 2. The minimum Gasteiger partial charge on any atom is -0.508 e. The predicted molar refractivity (Wildman–Crippen MR) is 91.9 cm³/mol. The molecule has 5 heteroatoms. The number of phenols is 2. The lowest BCUT2D eigenvalue weighted by Gasteiger charge is -2.17. The van der Waals surface area contributed by atoms with Crippen molar-refractivity contribution in [2.24, 2.45) is 0 Å². The molecule has 2 N–H and O–H groups in total. The van der Waals surface area contributed by atoms with E-state index in [0.29, 0.717) is 11.5 Å². The second kappa shape index (κ2) is 7.51. The van der Waals surface area contributed by atoms with E-state index in [0.717, 1.165) is 9.79 Å².